The maximum absolute atomic E-state index is 3.71. The molecule has 0 aliphatic carbocycles. The van der Waals surface area contributed by atoms with Gasteiger partial charge in [-0.05, 0) is 16.7 Å². The Bertz CT molecular complexity index is 474. The van der Waals surface area contributed by atoms with Gasteiger partial charge in [0.2, 0.25) is 0 Å². The van der Waals surface area contributed by atoms with E-state index in [0.717, 1.165) is 13.1 Å². The van der Waals surface area contributed by atoms with Crippen LogP contribution in [0.3, 0.4) is 0 Å². The van der Waals surface area contributed by atoms with Gasteiger partial charge in [0.15, 0.2) is 0 Å². The molecule has 0 spiro atoms. The summed E-state index contributed by atoms with van der Waals surface area (Å²) in [6, 6.07) is 19.0. The molecule has 0 aliphatic rings. The maximum atomic E-state index is 3.71. The molecule has 0 unspecified atom stereocenters. The van der Waals surface area contributed by atoms with E-state index in [1.54, 1.807) is 0 Å². The molecule has 0 bridgehead atoms. The fraction of sp³-hybridized carbons (Fsp3) is 0.125. The van der Waals surface area contributed by atoms with Crippen LogP contribution in [0.1, 0.15) is 5.56 Å². The highest BCUT2D eigenvalue weighted by Gasteiger charge is 2.02. The first kappa shape index (κ1) is 11.6. The molecule has 0 aromatic heterocycles. The minimum atomic E-state index is 0.836. The smallest absolute Gasteiger partial charge is 0.0214 e. The van der Waals surface area contributed by atoms with Crippen LogP contribution < -0.4 is 5.32 Å². The lowest BCUT2D eigenvalue weighted by molar-refractivity contribution is 0.762. The van der Waals surface area contributed by atoms with Crippen LogP contribution in [0.15, 0.2) is 67.3 Å². The lowest BCUT2D eigenvalue weighted by Crippen LogP contribution is -2.13. The van der Waals surface area contributed by atoms with Crippen molar-refractivity contribution in [3.8, 4) is 11.1 Å². The Hall–Kier alpha value is -1.86. The zero-order chi connectivity index (χ0) is 11.9. The van der Waals surface area contributed by atoms with E-state index < -0.39 is 0 Å². The first-order valence-corrected chi connectivity index (χ1v) is 5.87. The zero-order valence-electron chi connectivity index (χ0n) is 9.89. The Morgan fingerprint density at radius 2 is 1.65 bits per heavy atom. The monoisotopic (exact) mass is 223 g/mol. The van der Waals surface area contributed by atoms with Crippen LogP contribution in [-0.2, 0) is 6.54 Å². The largest absolute Gasteiger partial charge is 0.309 e. The molecule has 17 heavy (non-hydrogen) atoms. The van der Waals surface area contributed by atoms with Gasteiger partial charge in [-0.25, -0.2) is 0 Å². The second-order valence-electron chi connectivity index (χ2n) is 3.94. The van der Waals surface area contributed by atoms with E-state index in [4.69, 9.17) is 0 Å². The van der Waals surface area contributed by atoms with E-state index in [-0.39, 0.29) is 0 Å². The summed E-state index contributed by atoms with van der Waals surface area (Å²) in [4.78, 5) is 0. The van der Waals surface area contributed by atoms with E-state index in [9.17, 15) is 0 Å². The van der Waals surface area contributed by atoms with E-state index >= 15 is 0 Å². The van der Waals surface area contributed by atoms with Gasteiger partial charge in [-0.1, -0.05) is 60.7 Å². The Kier molecular flexibility index (Phi) is 4.11. The summed E-state index contributed by atoms with van der Waals surface area (Å²) in [5.41, 5.74) is 3.88. The van der Waals surface area contributed by atoms with Crippen LogP contribution in [-0.4, -0.2) is 6.54 Å². The molecule has 0 atom stereocenters. The lowest BCUT2D eigenvalue weighted by Gasteiger charge is -2.09. The van der Waals surface area contributed by atoms with Crippen molar-refractivity contribution in [2.24, 2.45) is 0 Å². The molecule has 0 amide bonds. The van der Waals surface area contributed by atoms with Gasteiger partial charge in [0, 0.05) is 13.1 Å². The van der Waals surface area contributed by atoms with Gasteiger partial charge in [-0.15, -0.1) is 6.58 Å². The Morgan fingerprint density at radius 1 is 0.941 bits per heavy atom. The van der Waals surface area contributed by atoms with Crippen molar-refractivity contribution in [2.75, 3.05) is 6.54 Å². The molecule has 0 radical (unpaired) electrons. The van der Waals surface area contributed by atoms with Crippen molar-refractivity contribution in [1.29, 1.82) is 0 Å². The number of hydrogen-bond acceptors (Lipinski definition) is 1. The van der Waals surface area contributed by atoms with Crippen LogP contribution >= 0.6 is 0 Å². The van der Waals surface area contributed by atoms with Crippen molar-refractivity contribution in [3.63, 3.8) is 0 Å². The summed E-state index contributed by atoms with van der Waals surface area (Å²) in [6.45, 7) is 5.42. The van der Waals surface area contributed by atoms with Crippen molar-refractivity contribution >= 4 is 0 Å². The highest BCUT2D eigenvalue weighted by Crippen LogP contribution is 2.22. The Morgan fingerprint density at radius 3 is 2.41 bits per heavy atom. The van der Waals surface area contributed by atoms with Crippen LogP contribution in [0, 0.1) is 0 Å². The SMILES string of the molecule is C=CCNCc1ccccc1-c1ccccc1. The molecule has 86 valence electrons. The van der Waals surface area contributed by atoms with Gasteiger partial charge in [-0.3, -0.25) is 0 Å². The third-order valence-corrected chi connectivity index (χ3v) is 2.71. The van der Waals surface area contributed by atoms with Crippen LogP contribution in [0.25, 0.3) is 11.1 Å². The topological polar surface area (TPSA) is 12.0 Å². The fourth-order valence-electron chi connectivity index (χ4n) is 1.88. The van der Waals surface area contributed by atoms with Crippen molar-refractivity contribution < 1.29 is 0 Å². The number of hydrogen-bond donors (Lipinski definition) is 1. The van der Waals surface area contributed by atoms with Gasteiger partial charge in [0.1, 0.15) is 0 Å². The summed E-state index contributed by atoms with van der Waals surface area (Å²) in [6.07, 6.45) is 1.88. The van der Waals surface area contributed by atoms with Crippen LogP contribution in [0.5, 0.6) is 0 Å². The lowest BCUT2D eigenvalue weighted by atomic mass is 10.00. The molecular weight excluding hydrogens is 206 g/mol. The number of rotatable bonds is 5. The average molecular weight is 223 g/mol. The summed E-state index contributed by atoms with van der Waals surface area (Å²) >= 11 is 0. The number of nitrogens with one attached hydrogen (secondary N) is 1. The zero-order valence-corrected chi connectivity index (χ0v) is 9.89. The van der Waals surface area contributed by atoms with Gasteiger partial charge < -0.3 is 5.32 Å². The highest BCUT2D eigenvalue weighted by atomic mass is 14.8. The third kappa shape index (κ3) is 3.05. The molecule has 2 aromatic carbocycles. The van der Waals surface area contributed by atoms with Crippen LogP contribution in [0.4, 0.5) is 0 Å². The van der Waals surface area contributed by atoms with Crippen molar-refractivity contribution in [1.82, 2.24) is 5.32 Å². The first-order valence-electron chi connectivity index (χ1n) is 5.87. The molecule has 0 fully saturated rings. The van der Waals surface area contributed by atoms with Crippen LogP contribution in [0.2, 0.25) is 0 Å². The molecule has 1 heteroatoms. The predicted octanol–water partition coefficient (Wildman–Crippen LogP) is 3.63. The van der Waals surface area contributed by atoms with E-state index in [0.29, 0.717) is 0 Å². The van der Waals surface area contributed by atoms with Crippen molar-refractivity contribution in [2.45, 2.75) is 6.54 Å². The molecule has 0 heterocycles. The Labute approximate surface area is 103 Å². The second-order valence-corrected chi connectivity index (χ2v) is 3.94. The van der Waals surface area contributed by atoms with Gasteiger partial charge >= 0.3 is 0 Å². The average Bonchev–Trinajstić information content (AvgIpc) is 2.41. The summed E-state index contributed by atoms with van der Waals surface area (Å²) in [7, 11) is 0. The van der Waals surface area contributed by atoms with E-state index in [1.807, 2.05) is 12.1 Å². The molecule has 1 nitrogen and oxygen atoms in total. The number of benzene rings is 2. The summed E-state index contributed by atoms with van der Waals surface area (Å²) in [5, 5.41) is 3.34. The highest BCUT2D eigenvalue weighted by molar-refractivity contribution is 5.67. The quantitative estimate of drug-likeness (QED) is 0.603. The molecule has 0 saturated carbocycles. The minimum Gasteiger partial charge on any atom is -0.309 e. The Balaban J connectivity index is 2.25. The van der Waals surface area contributed by atoms with Gasteiger partial charge in [-0.2, -0.15) is 0 Å². The molecule has 2 rings (SSSR count). The normalized spacial score (nSPS) is 10.1. The minimum absolute atomic E-state index is 0.836. The van der Waals surface area contributed by atoms with E-state index in [2.05, 4.69) is 60.4 Å². The predicted molar refractivity (Wildman–Crippen MR) is 73.8 cm³/mol. The van der Waals surface area contributed by atoms with Gasteiger partial charge in [0.05, 0.1) is 0 Å². The maximum Gasteiger partial charge on any atom is 0.0214 e. The standard InChI is InChI=1S/C16H17N/c1-2-12-17-13-15-10-6-7-11-16(15)14-8-4-3-5-9-14/h2-11,17H,1,12-13H2. The second kappa shape index (κ2) is 6.02. The molecule has 0 aliphatic heterocycles. The van der Waals surface area contributed by atoms with Gasteiger partial charge in [0.25, 0.3) is 0 Å². The molecule has 2 aromatic rings. The van der Waals surface area contributed by atoms with Crippen molar-refractivity contribution in [3.05, 3.63) is 72.8 Å². The van der Waals surface area contributed by atoms with E-state index in [1.165, 1.54) is 16.7 Å². The molecular formula is C16H17N. The molecule has 0 saturated heterocycles. The molecule has 1 N–H and O–H groups in total. The fourth-order valence-corrected chi connectivity index (χ4v) is 1.88. The third-order valence-electron chi connectivity index (χ3n) is 2.71. The first-order chi connectivity index (χ1) is 8.42. The summed E-state index contributed by atoms with van der Waals surface area (Å²) < 4.78 is 0. The summed E-state index contributed by atoms with van der Waals surface area (Å²) in [5.74, 6) is 0.